The summed E-state index contributed by atoms with van der Waals surface area (Å²) >= 11 is 9.76. The predicted molar refractivity (Wildman–Crippen MR) is 114 cm³/mol. The fourth-order valence-electron chi connectivity index (χ4n) is 2.42. The summed E-state index contributed by atoms with van der Waals surface area (Å²) in [6.07, 6.45) is 4.15. The van der Waals surface area contributed by atoms with Crippen LogP contribution >= 0.6 is 35.1 Å². The molecule has 3 aromatic carbocycles. The van der Waals surface area contributed by atoms with Crippen molar-refractivity contribution in [2.24, 2.45) is 0 Å². The molecule has 2 N–H and O–H groups in total. The molecule has 0 atom stereocenters. The van der Waals surface area contributed by atoms with E-state index in [1.807, 2.05) is 12.1 Å². The van der Waals surface area contributed by atoms with Gasteiger partial charge in [-0.2, -0.15) is 0 Å². The first kappa shape index (κ1) is 18.1. The summed E-state index contributed by atoms with van der Waals surface area (Å²) in [5.41, 5.74) is 3.98. The van der Waals surface area contributed by atoms with Crippen LogP contribution in [0.15, 0.2) is 76.5 Å². The van der Waals surface area contributed by atoms with E-state index in [0.717, 1.165) is 22.7 Å². The molecule has 0 bridgehead atoms. The van der Waals surface area contributed by atoms with Gasteiger partial charge in [0.1, 0.15) is 0 Å². The highest BCUT2D eigenvalue weighted by molar-refractivity contribution is 7.98. The van der Waals surface area contributed by atoms with E-state index >= 15 is 0 Å². The van der Waals surface area contributed by atoms with E-state index in [-0.39, 0.29) is 0 Å². The SMILES string of the molecule is CSc1ccc(Nc2cc(Cl)cc(Nc3ccc(SC)cc3)c2)cc1. The Balaban J connectivity index is 1.76. The maximum Gasteiger partial charge on any atom is 0.0447 e. The first-order chi connectivity index (χ1) is 12.2. The van der Waals surface area contributed by atoms with E-state index in [4.69, 9.17) is 11.6 Å². The van der Waals surface area contributed by atoms with Crippen molar-refractivity contribution in [3.8, 4) is 0 Å². The van der Waals surface area contributed by atoms with Crippen molar-refractivity contribution in [1.82, 2.24) is 0 Å². The third-order valence-corrected chi connectivity index (χ3v) is 5.36. The van der Waals surface area contributed by atoms with Gasteiger partial charge in [-0.3, -0.25) is 0 Å². The molecule has 0 heterocycles. The molecule has 0 amide bonds. The molecular formula is C20H19ClN2S2. The van der Waals surface area contributed by atoms with Gasteiger partial charge in [-0.25, -0.2) is 0 Å². The summed E-state index contributed by atoms with van der Waals surface area (Å²) in [6.45, 7) is 0. The number of rotatable bonds is 6. The largest absolute Gasteiger partial charge is 0.355 e. The Morgan fingerprint density at radius 2 is 1.00 bits per heavy atom. The summed E-state index contributed by atoms with van der Waals surface area (Å²) in [7, 11) is 0. The van der Waals surface area contributed by atoms with E-state index in [9.17, 15) is 0 Å². The zero-order valence-corrected chi connectivity index (χ0v) is 16.4. The van der Waals surface area contributed by atoms with E-state index < -0.39 is 0 Å². The Hall–Kier alpha value is -1.75. The summed E-state index contributed by atoms with van der Waals surface area (Å²) in [5.74, 6) is 0. The van der Waals surface area contributed by atoms with Crippen LogP contribution in [0.3, 0.4) is 0 Å². The predicted octanol–water partition coefficient (Wildman–Crippen LogP) is 7.27. The topological polar surface area (TPSA) is 24.1 Å². The number of thioether (sulfide) groups is 2. The number of halogens is 1. The average Bonchev–Trinajstić information content (AvgIpc) is 2.62. The van der Waals surface area contributed by atoms with Crippen molar-refractivity contribution < 1.29 is 0 Å². The van der Waals surface area contributed by atoms with E-state index in [2.05, 4.69) is 77.7 Å². The second-order valence-electron chi connectivity index (χ2n) is 5.44. The van der Waals surface area contributed by atoms with Crippen LogP contribution in [0.25, 0.3) is 0 Å². The molecular weight excluding hydrogens is 368 g/mol. The van der Waals surface area contributed by atoms with E-state index in [1.54, 1.807) is 23.5 Å². The fourth-order valence-corrected chi connectivity index (χ4v) is 3.47. The maximum atomic E-state index is 6.29. The number of hydrogen-bond donors (Lipinski definition) is 2. The highest BCUT2D eigenvalue weighted by atomic mass is 35.5. The molecule has 0 saturated heterocycles. The quantitative estimate of drug-likeness (QED) is 0.435. The third kappa shape index (κ3) is 5.11. The normalized spacial score (nSPS) is 10.5. The summed E-state index contributed by atoms with van der Waals surface area (Å²) in [6, 6.07) is 22.6. The van der Waals surface area contributed by atoms with Crippen LogP contribution in [0.1, 0.15) is 0 Å². The first-order valence-electron chi connectivity index (χ1n) is 7.79. The molecule has 128 valence electrons. The Bertz CT molecular complexity index is 766. The number of nitrogens with one attached hydrogen (secondary N) is 2. The molecule has 0 fully saturated rings. The molecule has 0 unspecified atom stereocenters. The maximum absolute atomic E-state index is 6.29. The van der Waals surface area contributed by atoms with Crippen LogP contribution in [0.5, 0.6) is 0 Å². The number of hydrogen-bond acceptors (Lipinski definition) is 4. The average molecular weight is 387 g/mol. The minimum absolute atomic E-state index is 0.689. The molecule has 5 heteroatoms. The number of anilines is 4. The van der Waals surface area contributed by atoms with Crippen molar-refractivity contribution in [2.45, 2.75) is 9.79 Å². The van der Waals surface area contributed by atoms with Crippen molar-refractivity contribution in [2.75, 3.05) is 23.1 Å². The van der Waals surface area contributed by atoms with E-state index in [1.165, 1.54) is 9.79 Å². The van der Waals surface area contributed by atoms with Gasteiger partial charge in [-0.1, -0.05) is 11.6 Å². The Morgan fingerprint density at radius 3 is 1.36 bits per heavy atom. The van der Waals surface area contributed by atoms with Crippen LogP contribution in [0, 0.1) is 0 Å². The lowest BCUT2D eigenvalue weighted by atomic mass is 10.2. The van der Waals surface area contributed by atoms with Gasteiger partial charge >= 0.3 is 0 Å². The molecule has 0 aliphatic heterocycles. The third-order valence-electron chi connectivity index (χ3n) is 3.66. The molecule has 0 aromatic heterocycles. The standard InChI is InChI=1S/C20H19ClN2S2/c1-24-19-7-3-15(4-8-19)22-17-11-14(21)12-18(13-17)23-16-5-9-20(25-2)10-6-16/h3-13,22-23H,1-2H3. The lowest BCUT2D eigenvalue weighted by Gasteiger charge is -2.12. The highest BCUT2D eigenvalue weighted by Gasteiger charge is 2.02. The molecule has 0 saturated carbocycles. The van der Waals surface area contributed by atoms with Crippen LogP contribution < -0.4 is 10.6 Å². The van der Waals surface area contributed by atoms with Crippen molar-refractivity contribution in [3.63, 3.8) is 0 Å². The van der Waals surface area contributed by atoms with Crippen LogP contribution in [0.4, 0.5) is 22.7 Å². The van der Waals surface area contributed by atoms with Crippen molar-refractivity contribution in [1.29, 1.82) is 0 Å². The second-order valence-corrected chi connectivity index (χ2v) is 7.63. The summed E-state index contributed by atoms with van der Waals surface area (Å²) < 4.78 is 0. The number of benzene rings is 3. The molecule has 0 radical (unpaired) electrons. The minimum atomic E-state index is 0.689. The van der Waals surface area contributed by atoms with Gasteiger partial charge in [0.25, 0.3) is 0 Å². The Kier molecular flexibility index (Phi) is 6.19. The first-order valence-corrected chi connectivity index (χ1v) is 10.6. The Morgan fingerprint density at radius 1 is 0.600 bits per heavy atom. The van der Waals surface area contributed by atoms with Gasteiger partial charge in [-0.05, 0) is 79.2 Å². The smallest absolute Gasteiger partial charge is 0.0447 e. The van der Waals surface area contributed by atoms with Crippen LogP contribution in [-0.4, -0.2) is 12.5 Å². The van der Waals surface area contributed by atoms with Crippen molar-refractivity contribution >= 4 is 57.9 Å². The molecule has 0 aliphatic rings. The van der Waals surface area contributed by atoms with Crippen molar-refractivity contribution in [3.05, 3.63) is 71.8 Å². The van der Waals surface area contributed by atoms with Gasteiger partial charge in [0.2, 0.25) is 0 Å². The monoisotopic (exact) mass is 386 g/mol. The van der Waals surface area contributed by atoms with Gasteiger partial charge in [0.15, 0.2) is 0 Å². The van der Waals surface area contributed by atoms with Gasteiger partial charge in [-0.15, -0.1) is 23.5 Å². The molecule has 3 rings (SSSR count). The summed E-state index contributed by atoms with van der Waals surface area (Å²) in [5, 5.41) is 7.50. The van der Waals surface area contributed by atoms with Gasteiger partial charge in [0.05, 0.1) is 0 Å². The molecule has 0 aliphatic carbocycles. The minimum Gasteiger partial charge on any atom is -0.355 e. The molecule has 3 aromatic rings. The van der Waals surface area contributed by atoms with Crippen LogP contribution in [0.2, 0.25) is 5.02 Å². The lowest BCUT2D eigenvalue weighted by molar-refractivity contribution is 1.43. The molecule has 0 spiro atoms. The van der Waals surface area contributed by atoms with E-state index in [0.29, 0.717) is 5.02 Å². The zero-order chi connectivity index (χ0) is 17.6. The zero-order valence-electron chi connectivity index (χ0n) is 14.0. The molecule has 2 nitrogen and oxygen atoms in total. The lowest BCUT2D eigenvalue weighted by Crippen LogP contribution is -1.94. The van der Waals surface area contributed by atoms with Gasteiger partial charge < -0.3 is 10.6 Å². The highest BCUT2D eigenvalue weighted by Crippen LogP contribution is 2.29. The fraction of sp³-hybridized carbons (Fsp3) is 0.100. The molecule has 25 heavy (non-hydrogen) atoms. The second kappa shape index (κ2) is 8.56. The van der Waals surface area contributed by atoms with Gasteiger partial charge in [0, 0.05) is 37.6 Å². The van der Waals surface area contributed by atoms with Crippen LogP contribution in [-0.2, 0) is 0 Å². The summed E-state index contributed by atoms with van der Waals surface area (Å²) in [4.78, 5) is 2.49. The Labute approximate surface area is 162 Å².